The van der Waals surface area contributed by atoms with Gasteiger partial charge in [0.05, 0.1) is 0 Å². The Labute approximate surface area is 94.2 Å². The van der Waals surface area contributed by atoms with E-state index in [2.05, 4.69) is 9.97 Å². The third kappa shape index (κ3) is 2.14. The van der Waals surface area contributed by atoms with Crippen LogP contribution in [0.1, 0.15) is 23.8 Å². The van der Waals surface area contributed by atoms with Gasteiger partial charge in [-0.05, 0) is 6.07 Å². The van der Waals surface area contributed by atoms with Gasteiger partial charge in [0.1, 0.15) is 5.69 Å². The van der Waals surface area contributed by atoms with Crippen LogP contribution in [0.5, 0.6) is 0 Å². The summed E-state index contributed by atoms with van der Waals surface area (Å²) in [7, 11) is 0. The highest BCUT2D eigenvalue weighted by Crippen LogP contribution is 2.13. The summed E-state index contributed by atoms with van der Waals surface area (Å²) in [6, 6.07) is 11.3. The van der Waals surface area contributed by atoms with Crippen molar-refractivity contribution in [1.82, 2.24) is 9.97 Å². The molecule has 1 aromatic carbocycles. The number of ketones is 1. The van der Waals surface area contributed by atoms with Crippen molar-refractivity contribution in [1.29, 1.82) is 0 Å². The van der Waals surface area contributed by atoms with Gasteiger partial charge in [0, 0.05) is 18.2 Å². The molecule has 0 radical (unpaired) electrons. The van der Waals surface area contributed by atoms with Crippen molar-refractivity contribution in [3.8, 4) is 11.4 Å². The monoisotopic (exact) mass is 212 g/mol. The Morgan fingerprint density at radius 2 is 1.94 bits per heavy atom. The summed E-state index contributed by atoms with van der Waals surface area (Å²) in [6.45, 7) is 1.83. The van der Waals surface area contributed by atoms with E-state index >= 15 is 0 Å². The number of carbonyl (C=O) groups is 1. The minimum atomic E-state index is 0.0413. The van der Waals surface area contributed by atoms with Gasteiger partial charge in [-0.1, -0.05) is 37.3 Å². The highest BCUT2D eigenvalue weighted by molar-refractivity contribution is 5.94. The number of Topliss-reactive ketones (excluding diaryl/α,β-unsaturated/α-hetero) is 1. The summed E-state index contributed by atoms with van der Waals surface area (Å²) < 4.78 is 0. The maximum Gasteiger partial charge on any atom is 0.181 e. The van der Waals surface area contributed by atoms with Crippen LogP contribution in [0.25, 0.3) is 11.4 Å². The second-order valence-electron chi connectivity index (χ2n) is 3.41. The first kappa shape index (κ1) is 10.5. The predicted octanol–water partition coefficient (Wildman–Crippen LogP) is 2.74. The molecule has 0 saturated heterocycles. The molecule has 80 valence electrons. The SMILES string of the molecule is CCC(=O)c1ccnc(-c2ccccc2)n1. The minimum Gasteiger partial charge on any atom is -0.292 e. The average Bonchev–Trinajstić information content (AvgIpc) is 2.39. The number of hydrogen-bond acceptors (Lipinski definition) is 3. The fourth-order valence-electron chi connectivity index (χ4n) is 1.42. The van der Waals surface area contributed by atoms with E-state index < -0.39 is 0 Å². The molecule has 3 heteroatoms. The van der Waals surface area contributed by atoms with Gasteiger partial charge in [-0.15, -0.1) is 0 Å². The Bertz CT molecular complexity index is 494. The highest BCUT2D eigenvalue weighted by atomic mass is 16.1. The van der Waals surface area contributed by atoms with Gasteiger partial charge in [0.15, 0.2) is 11.6 Å². The largest absolute Gasteiger partial charge is 0.292 e. The molecule has 0 fully saturated rings. The second kappa shape index (κ2) is 4.66. The molecule has 0 aliphatic rings. The second-order valence-corrected chi connectivity index (χ2v) is 3.41. The lowest BCUT2D eigenvalue weighted by Crippen LogP contribution is -2.02. The zero-order valence-electron chi connectivity index (χ0n) is 9.05. The molecule has 16 heavy (non-hydrogen) atoms. The van der Waals surface area contributed by atoms with E-state index in [1.807, 2.05) is 37.3 Å². The van der Waals surface area contributed by atoms with Crippen LogP contribution in [-0.2, 0) is 0 Å². The van der Waals surface area contributed by atoms with Crippen molar-refractivity contribution in [2.24, 2.45) is 0 Å². The molecule has 0 aliphatic heterocycles. The molecule has 1 aromatic heterocycles. The van der Waals surface area contributed by atoms with Crippen LogP contribution >= 0.6 is 0 Å². The van der Waals surface area contributed by atoms with Gasteiger partial charge in [-0.3, -0.25) is 4.79 Å². The van der Waals surface area contributed by atoms with Crippen LogP contribution in [0.4, 0.5) is 0 Å². The minimum absolute atomic E-state index is 0.0413. The van der Waals surface area contributed by atoms with Crippen molar-refractivity contribution >= 4 is 5.78 Å². The van der Waals surface area contributed by atoms with Gasteiger partial charge in [-0.2, -0.15) is 0 Å². The first-order valence-electron chi connectivity index (χ1n) is 5.23. The molecule has 0 unspecified atom stereocenters. The normalized spacial score (nSPS) is 10.1. The van der Waals surface area contributed by atoms with Crippen molar-refractivity contribution in [2.45, 2.75) is 13.3 Å². The Morgan fingerprint density at radius 1 is 1.19 bits per heavy atom. The number of benzene rings is 1. The van der Waals surface area contributed by atoms with Crippen molar-refractivity contribution in [2.75, 3.05) is 0 Å². The molecule has 0 spiro atoms. The number of carbonyl (C=O) groups excluding carboxylic acids is 1. The van der Waals surface area contributed by atoms with Gasteiger partial charge in [0.2, 0.25) is 0 Å². The van der Waals surface area contributed by atoms with Crippen LogP contribution in [0.15, 0.2) is 42.6 Å². The molecule has 1 heterocycles. The summed E-state index contributed by atoms with van der Waals surface area (Å²) in [6.07, 6.45) is 2.09. The molecule has 0 bridgehead atoms. The Hall–Kier alpha value is -2.03. The third-order valence-electron chi connectivity index (χ3n) is 2.29. The highest BCUT2D eigenvalue weighted by Gasteiger charge is 2.07. The summed E-state index contributed by atoms with van der Waals surface area (Å²) in [4.78, 5) is 19.9. The maximum absolute atomic E-state index is 11.5. The fourth-order valence-corrected chi connectivity index (χ4v) is 1.42. The topological polar surface area (TPSA) is 42.9 Å². The summed E-state index contributed by atoms with van der Waals surface area (Å²) in [5.74, 6) is 0.638. The molecule has 0 amide bonds. The van der Waals surface area contributed by atoms with Gasteiger partial charge < -0.3 is 0 Å². The lowest BCUT2D eigenvalue weighted by molar-refractivity contribution is 0.0983. The van der Waals surface area contributed by atoms with Crippen LogP contribution in [0.3, 0.4) is 0 Å². The molecule has 0 saturated carbocycles. The number of aromatic nitrogens is 2. The lowest BCUT2D eigenvalue weighted by atomic mass is 10.2. The van der Waals surface area contributed by atoms with E-state index in [1.165, 1.54) is 0 Å². The van der Waals surface area contributed by atoms with E-state index in [0.29, 0.717) is 17.9 Å². The molecular weight excluding hydrogens is 200 g/mol. The Morgan fingerprint density at radius 3 is 2.62 bits per heavy atom. The average molecular weight is 212 g/mol. The standard InChI is InChI=1S/C13H12N2O/c1-2-12(16)11-8-9-14-13(15-11)10-6-4-3-5-7-10/h3-9H,2H2,1H3. The Kier molecular flexibility index (Phi) is 3.05. The van der Waals surface area contributed by atoms with Crippen LogP contribution in [0.2, 0.25) is 0 Å². The van der Waals surface area contributed by atoms with Crippen molar-refractivity contribution in [3.05, 3.63) is 48.3 Å². The maximum atomic E-state index is 11.5. The predicted molar refractivity (Wildman–Crippen MR) is 62.1 cm³/mol. The first-order chi connectivity index (χ1) is 7.81. The molecule has 2 rings (SSSR count). The zero-order valence-corrected chi connectivity index (χ0v) is 9.05. The molecule has 2 aromatic rings. The van der Waals surface area contributed by atoms with Gasteiger partial charge in [0.25, 0.3) is 0 Å². The molecule has 0 aliphatic carbocycles. The van der Waals surface area contributed by atoms with E-state index in [9.17, 15) is 4.79 Å². The lowest BCUT2D eigenvalue weighted by Gasteiger charge is -2.01. The van der Waals surface area contributed by atoms with Gasteiger partial charge >= 0.3 is 0 Å². The number of nitrogens with zero attached hydrogens (tertiary/aromatic N) is 2. The van der Waals surface area contributed by atoms with Gasteiger partial charge in [-0.25, -0.2) is 9.97 Å². The molecular formula is C13H12N2O. The zero-order chi connectivity index (χ0) is 11.4. The van der Waals surface area contributed by atoms with E-state index in [0.717, 1.165) is 5.56 Å². The summed E-state index contributed by atoms with van der Waals surface area (Å²) in [5.41, 5.74) is 1.41. The van der Waals surface area contributed by atoms with Crippen LogP contribution in [-0.4, -0.2) is 15.8 Å². The molecule has 3 nitrogen and oxygen atoms in total. The fraction of sp³-hybridized carbons (Fsp3) is 0.154. The van der Waals surface area contributed by atoms with Crippen LogP contribution < -0.4 is 0 Å². The quantitative estimate of drug-likeness (QED) is 0.735. The first-order valence-corrected chi connectivity index (χ1v) is 5.23. The Balaban J connectivity index is 2.40. The third-order valence-corrected chi connectivity index (χ3v) is 2.29. The molecule has 0 atom stereocenters. The molecule has 0 N–H and O–H groups in total. The van der Waals surface area contributed by atoms with E-state index in [-0.39, 0.29) is 5.78 Å². The number of hydrogen-bond donors (Lipinski definition) is 0. The smallest absolute Gasteiger partial charge is 0.181 e. The summed E-state index contributed by atoms with van der Waals surface area (Å²) in [5, 5.41) is 0. The van der Waals surface area contributed by atoms with Crippen molar-refractivity contribution < 1.29 is 4.79 Å². The summed E-state index contributed by atoms with van der Waals surface area (Å²) >= 11 is 0. The van der Waals surface area contributed by atoms with Crippen molar-refractivity contribution in [3.63, 3.8) is 0 Å². The van der Waals surface area contributed by atoms with E-state index in [4.69, 9.17) is 0 Å². The van der Waals surface area contributed by atoms with Crippen LogP contribution in [0, 0.1) is 0 Å². The van der Waals surface area contributed by atoms with E-state index in [1.54, 1.807) is 12.3 Å². The number of rotatable bonds is 3.